The minimum absolute atomic E-state index is 0.219. The molecule has 1 aromatic carbocycles. The van der Waals surface area contributed by atoms with Gasteiger partial charge < -0.3 is 15.2 Å². The molecule has 0 amide bonds. The van der Waals surface area contributed by atoms with Gasteiger partial charge in [-0.1, -0.05) is 30.3 Å². The maximum atomic E-state index is 9.97. The normalized spacial score (nSPS) is 12.1. The third kappa shape index (κ3) is 4.05. The smallest absolute Gasteiger partial charge is 0.137 e. The van der Waals surface area contributed by atoms with E-state index >= 15 is 0 Å². The van der Waals surface area contributed by atoms with E-state index in [1.165, 1.54) is 0 Å². The van der Waals surface area contributed by atoms with Crippen molar-refractivity contribution in [3.8, 4) is 5.75 Å². The van der Waals surface area contributed by atoms with E-state index in [1.807, 2.05) is 49.5 Å². The number of aliphatic hydroxyl groups is 1. The van der Waals surface area contributed by atoms with Gasteiger partial charge in [0.2, 0.25) is 0 Å². The Morgan fingerprint density at radius 2 is 2.00 bits per heavy atom. The molecule has 0 aliphatic rings. The van der Waals surface area contributed by atoms with Crippen LogP contribution in [0.3, 0.4) is 0 Å². The molecule has 100 valence electrons. The van der Waals surface area contributed by atoms with Crippen LogP contribution in [0.15, 0.2) is 48.7 Å². The Bertz CT molecular complexity index is 485. The van der Waals surface area contributed by atoms with Crippen molar-refractivity contribution in [1.82, 2.24) is 10.3 Å². The number of hydrogen-bond donors (Lipinski definition) is 2. The zero-order valence-corrected chi connectivity index (χ0v) is 10.9. The lowest BCUT2D eigenvalue weighted by Gasteiger charge is -2.12. The van der Waals surface area contributed by atoms with Crippen LogP contribution in [0.5, 0.6) is 5.75 Å². The van der Waals surface area contributed by atoms with Gasteiger partial charge >= 0.3 is 0 Å². The number of benzene rings is 1. The van der Waals surface area contributed by atoms with Crippen molar-refractivity contribution in [1.29, 1.82) is 0 Å². The van der Waals surface area contributed by atoms with Crippen LogP contribution in [0.2, 0.25) is 0 Å². The molecule has 0 aliphatic carbocycles. The van der Waals surface area contributed by atoms with Crippen LogP contribution in [0.1, 0.15) is 17.4 Å². The Morgan fingerprint density at radius 3 is 2.63 bits per heavy atom. The highest BCUT2D eigenvalue weighted by molar-refractivity contribution is 5.21. The lowest BCUT2D eigenvalue weighted by atomic mass is 10.1. The predicted octanol–water partition coefficient (Wildman–Crippen LogP) is 1.91. The molecule has 0 spiro atoms. The van der Waals surface area contributed by atoms with Crippen molar-refractivity contribution in [2.24, 2.45) is 0 Å². The summed E-state index contributed by atoms with van der Waals surface area (Å²) in [5.74, 6) is 0.662. The molecule has 0 fully saturated rings. The molecule has 4 nitrogen and oxygen atoms in total. The Kier molecular flexibility index (Phi) is 4.89. The van der Waals surface area contributed by atoms with Gasteiger partial charge in [0.1, 0.15) is 18.5 Å². The Balaban J connectivity index is 1.88. The average Bonchev–Trinajstić information content (AvgIpc) is 2.47. The monoisotopic (exact) mass is 258 g/mol. The van der Waals surface area contributed by atoms with E-state index in [0.29, 0.717) is 5.75 Å². The summed E-state index contributed by atoms with van der Waals surface area (Å²) < 4.78 is 5.52. The summed E-state index contributed by atoms with van der Waals surface area (Å²) in [6.07, 6.45) is 1.04. The highest BCUT2D eigenvalue weighted by Gasteiger charge is 2.07. The van der Waals surface area contributed by atoms with Gasteiger partial charge in [0, 0.05) is 6.54 Å². The number of ether oxygens (including phenoxy) is 1. The number of aromatic nitrogens is 1. The second-order valence-corrected chi connectivity index (χ2v) is 4.25. The topological polar surface area (TPSA) is 54.4 Å². The van der Waals surface area contributed by atoms with Crippen LogP contribution in [-0.4, -0.2) is 23.7 Å². The van der Waals surface area contributed by atoms with Crippen molar-refractivity contribution in [3.05, 3.63) is 59.9 Å². The second kappa shape index (κ2) is 6.87. The summed E-state index contributed by atoms with van der Waals surface area (Å²) in [5, 5.41) is 13.0. The van der Waals surface area contributed by atoms with E-state index in [1.54, 1.807) is 6.20 Å². The van der Waals surface area contributed by atoms with E-state index in [2.05, 4.69) is 10.3 Å². The van der Waals surface area contributed by atoms with E-state index in [0.717, 1.165) is 17.8 Å². The number of nitrogens with one attached hydrogen (secondary N) is 1. The number of aliphatic hydroxyl groups excluding tert-OH is 1. The minimum atomic E-state index is -0.627. The van der Waals surface area contributed by atoms with Crippen molar-refractivity contribution in [3.63, 3.8) is 0 Å². The number of hydrogen-bond acceptors (Lipinski definition) is 4. The molecule has 19 heavy (non-hydrogen) atoms. The summed E-state index contributed by atoms with van der Waals surface area (Å²) in [6.45, 7) is 0.948. The SMILES string of the molecule is CNCc1ccc(OCC(O)c2ccccc2)cn1. The van der Waals surface area contributed by atoms with Crippen LogP contribution in [0.25, 0.3) is 0 Å². The van der Waals surface area contributed by atoms with Gasteiger partial charge in [0.25, 0.3) is 0 Å². The summed E-state index contributed by atoms with van der Waals surface area (Å²) in [7, 11) is 1.88. The molecule has 4 heteroatoms. The quantitative estimate of drug-likeness (QED) is 0.831. The molecule has 0 saturated carbocycles. The van der Waals surface area contributed by atoms with Crippen LogP contribution in [-0.2, 0) is 6.54 Å². The van der Waals surface area contributed by atoms with E-state index < -0.39 is 6.10 Å². The van der Waals surface area contributed by atoms with Gasteiger partial charge in [-0.25, -0.2) is 0 Å². The molecule has 1 aromatic heterocycles. The van der Waals surface area contributed by atoms with Crippen molar-refractivity contribution in [2.75, 3.05) is 13.7 Å². The standard InChI is InChI=1S/C15H18N2O2/c1-16-9-13-7-8-14(10-17-13)19-11-15(18)12-5-3-2-4-6-12/h2-8,10,15-16,18H,9,11H2,1H3. The van der Waals surface area contributed by atoms with E-state index in [-0.39, 0.29) is 6.61 Å². The molecular formula is C15H18N2O2. The fourth-order valence-corrected chi connectivity index (χ4v) is 1.73. The maximum Gasteiger partial charge on any atom is 0.137 e. The Morgan fingerprint density at radius 1 is 1.21 bits per heavy atom. The fraction of sp³-hybridized carbons (Fsp3) is 0.267. The first-order valence-corrected chi connectivity index (χ1v) is 6.25. The molecule has 0 bridgehead atoms. The predicted molar refractivity (Wildman–Crippen MR) is 73.9 cm³/mol. The molecule has 0 saturated heterocycles. The Hall–Kier alpha value is -1.91. The van der Waals surface area contributed by atoms with Gasteiger partial charge in [-0.2, -0.15) is 0 Å². The second-order valence-electron chi connectivity index (χ2n) is 4.25. The highest BCUT2D eigenvalue weighted by Crippen LogP contribution is 2.15. The third-order valence-electron chi connectivity index (χ3n) is 2.75. The average molecular weight is 258 g/mol. The summed E-state index contributed by atoms with van der Waals surface area (Å²) in [4.78, 5) is 4.25. The first-order chi connectivity index (χ1) is 9.29. The van der Waals surface area contributed by atoms with E-state index in [9.17, 15) is 5.11 Å². The van der Waals surface area contributed by atoms with Gasteiger partial charge in [-0.05, 0) is 24.7 Å². The molecule has 2 aromatic rings. The summed E-state index contributed by atoms with van der Waals surface area (Å²) in [5.41, 5.74) is 1.81. The van der Waals surface area contributed by atoms with Gasteiger partial charge in [0.05, 0.1) is 11.9 Å². The van der Waals surface area contributed by atoms with Gasteiger partial charge in [-0.15, -0.1) is 0 Å². The first-order valence-electron chi connectivity index (χ1n) is 6.25. The number of nitrogens with zero attached hydrogens (tertiary/aromatic N) is 1. The minimum Gasteiger partial charge on any atom is -0.489 e. The first kappa shape index (κ1) is 13.5. The fourth-order valence-electron chi connectivity index (χ4n) is 1.73. The summed E-state index contributed by atoms with van der Waals surface area (Å²) in [6, 6.07) is 13.2. The van der Waals surface area contributed by atoms with Crippen LogP contribution >= 0.6 is 0 Å². The van der Waals surface area contributed by atoms with Gasteiger partial charge in [-0.3, -0.25) is 4.98 Å². The van der Waals surface area contributed by atoms with Crippen molar-refractivity contribution < 1.29 is 9.84 Å². The van der Waals surface area contributed by atoms with Crippen LogP contribution in [0, 0.1) is 0 Å². The zero-order chi connectivity index (χ0) is 13.5. The van der Waals surface area contributed by atoms with E-state index in [4.69, 9.17) is 4.74 Å². The maximum absolute atomic E-state index is 9.97. The van der Waals surface area contributed by atoms with Crippen LogP contribution in [0.4, 0.5) is 0 Å². The molecule has 0 radical (unpaired) electrons. The molecule has 0 aliphatic heterocycles. The lowest BCUT2D eigenvalue weighted by Crippen LogP contribution is -2.10. The lowest BCUT2D eigenvalue weighted by molar-refractivity contribution is 0.108. The zero-order valence-electron chi connectivity index (χ0n) is 10.9. The Labute approximate surface area is 113 Å². The number of pyridine rings is 1. The van der Waals surface area contributed by atoms with Crippen molar-refractivity contribution >= 4 is 0 Å². The van der Waals surface area contributed by atoms with Crippen molar-refractivity contribution in [2.45, 2.75) is 12.6 Å². The highest BCUT2D eigenvalue weighted by atomic mass is 16.5. The summed E-state index contributed by atoms with van der Waals surface area (Å²) >= 11 is 0. The molecule has 2 N–H and O–H groups in total. The molecule has 2 rings (SSSR count). The van der Waals surface area contributed by atoms with Crippen LogP contribution < -0.4 is 10.1 Å². The number of rotatable bonds is 6. The molecule has 1 heterocycles. The largest absolute Gasteiger partial charge is 0.489 e. The molecular weight excluding hydrogens is 240 g/mol. The van der Waals surface area contributed by atoms with Gasteiger partial charge in [0.15, 0.2) is 0 Å². The molecule has 1 atom stereocenters. The third-order valence-corrected chi connectivity index (χ3v) is 2.75. The molecule has 1 unspecified atom stereocenters.